The summed E-state index contributed by atoms with van der Waals surface area (Å²) >= 11 is 3.07. The molecular formula is C11H15BrF3N3O2S. The highest BCUT2D eigenvalue weighted by Crippen LogP contribution is 2.29. The first-order valence-corrected chi connectivity index (χ1v) is 8.14. The molecule has 10 heteroatoms. The maximum absolute atomic E-state index is 12.6. The number of hydrogen-bond acceptors (Lipinski definition) is 4. The van der Waals surface area contributed by atoms with Gasteiger partial charge in [-0.25, -0.2) is 13.4 Å². The molecule has 0 amide bonds. The van der Waals surface area contributed by atoms with E-state index < -0.39 is 28.8 Å². The van der Waals surface area contributed by atoms with E-state index in [1.165, 1.54) is 33.2 Å². The lowest BCUT2D eigenvalue weighted by molar-refractivity contribution is -0.138. The Hall–Kier alpha value is -0.870. The van der Waals surface area contributed by atoms with E-state index >= 15 is 0 Å². The van der Waals surface area contributed by atoms with Crippen LogP contribution in [0.25, 0.3) is 0 Å². The van der Waals surface area contributed by atoms with Gasteiger partial charge in [-0.3, -0.25) is 0 Å². The predicted octanol–water partition coefficient (Wildman–Crippen LogP) is 2.85. The zero-order valence-corrected chi connectivity index (χ0v) is 14.0. The molecule has 5 nitrogen and oxygen atoms in total. The molecule has 21 heavy (non-hydrogen) atoms. The van der Waals surface area contributed by atoms with Crippen molar-refractivity contribution in [1.82, 2.24) is 9.29 Å². The largest absolute Gasteiger partial charge is 0.402 e. The van der Waals surface area contributed by atoms with Gasteiger partial charge in [-0.1, -0.05) is 0 Å². The number of hydrogen-bond donors (Lipinski definition) is 1. The fraction of sp³-hybridized carbons (Fsp3) is 0.545. The first-order chi connectivity index (χ1) is 9.49. The highest BCUT2D eigenvalue weighted by atomic mass is 79.9. The minimum atomic E-state index is -4.63. The Kier molecular flexibility index (Phi) is 5.62. The van der Waals surface area contributed by atoms with E-state index in [1.54, 1.807) is 0 Å². The first kappa shape index (κ1) is 18.2. The van der Waals surface area contributed by atoms with Crippen LogP contribution in [0.3, 0.4) is 0 Å². The van der Waals surface area contributed by atoms with Crippen molar-refractivity contribution in [3.05, 3.63) is 16.7 Å². The fourth-order valence-electron chi connectivity index (χ4n) is 1.65. The van der Waals surface area contributed by atoms with Gasteiger partial charge < -0.3 is 5.32 Å². The molecule has 0 bridgehead atoms. The number of rotatable bonds is 5. The number of alkyl halides is 3. The molecule has 120 valence electrons. The molecule has 1 N–H and O–H groups in total. The van der Waals surface area contributed by atoms with Crippen LogP contribution >= 0.6 is 15.9 Å². The van der Waals surface area contributed by atoms with Gasteiger partial charge in [0.2, 0.25) is 10.0 Å². The number of nitrogens with one attached hydrogen (secondary N) is 1. The standard InChI is InChI=1S/C11H15BrF3N3O2S/c1-7(2)18(6-11(13,14)15)21(19,20)9-4-8(12)5-17-10(9)16-3/h4-5,7H,6H2,1-3H3,(H,16,17). The van der Waals surface area contributed by atoms with Gasteiger partial charge in [-0.2, -0.15) is 17.5 Å². The third kappa shape index (κ3) is 4.55. The van der Waals surface area contributed by atoms with E-state index in [0.29, 0.717) is 8.78 Å². The molecule has 0 atom stereocenters. The number of pyridine rings is 1. The number of sulfonamides is 1. The van der Waals surface area contributed by atoms with Crippen LogP contribution in [0, 0.1) is 0 Å². The summed E-state index contributed by atoms with van der Waals surface area (Å²) in [5, 5.41) is 2.57. The highest BCUT2D eigenvalue weighted by molar-refractivity contribution is 9.10. The van der Waals surface area contributed by atoms with Crippen LogP contribution in [0.1, 0.15) is 13.8 Å². The summed E-state index contributed by atoms with van der Waals surface area (Å²) < 4.78 is 63.7. The second kappa shape index (κ2) is 6.49. The molecule has 0 fully saturated rings. The van der Waals surface area contributed by atoms with Crippen LogP contribution in [0.5, 0.6) is 0 Å². The molecule has 0 spiro atoms. The van der Waals surface area contributed by atoms with Crippen LogP contribution in [0.4, 0.5) is 19.0 Å². The lowest BCUT2D eigenvalue weighted by Crippen LogP contribution is -2.43. The van der Waals surface area contributed by atoms with Crippen molar-refractivity contribution in [3.63, 3.8) is 0 Å². The van der Waals surface area contributed by atoms with Crippen LogP contribution in [-0.4, -0.2) is 43.5 Å². The third-order valence-electron chi connectivity index (χ3n) is 2.55. The van der Waals surface area contributed by atoms with Crippen LogP contribution < -0.4 is 5.32 Å². The Morgan fingerprint density at radius 3 is 2.43 bits per heavy atom. The van der Waals surface area contributed by atoms with Gasteiger partial charge in [0.05, 0.1) is 0 Å². The highest BCUT2D eigenvalue weighted by Gasteiger charge is 2.39. The predicted molar refractivity (Wildman–Crippen MR) is 76.6 cm³/mol. The van der Waals surface area contributed by atoms with E-state index in [2.05, 4.69) is 26.2 Å². The molecule has 0 saturated carbocycles. The normalized spacial score (nSPS) is 13.0. The Morgan fingerprint density at radius 1 is 1.43 bits per heavy atom. The van der Waals surface area contributed by atoms with Crippen LogP contribution in [0.2, 0.25) is 0 Å². The Balaban J connectivity index is 3.39. The molecule has 1 aromatic heterocycles. The van der Waals surface area contributed by atoms with E-state index in [-0.39, 0.29) is 10.7 Å². The molecule has 0 radical (unpaired) electrons. The fourth-order valence-corrected chi connectivity index (χ4v) is 3.94. The van der Waals surface area contributed by atoms with Gasteiger partial charge in [0, 0.05) is 23.8 Å². The van der Waals surface area contributed by atoms with Crippen molar-refractivity contribution >= 4 is 31.8 Å². The summed E-state index contributed by atoms with van der Waals surface area (Å²) in [5.74, 6) is -0.00831. The summed E-state index contributed by atoms with van der Waals surface area (Å²) in [6.07, 6.45) is -3.27. The van der Waals surface area contributed by atoms with E-state index in [9.17, 15) is 21.6 Å². The number of anilines is 1. The minimum absolute atomic E-state index is 0.00831. The van der Waals surface area contributed by atoms with Crippen LogP contribution in [-0.2, 0) is 10.0 Å². The van der Waals surface area contributed by atoms with Gasteiger partial charge in [-0.05, 0) is 35.8 Å². The van der Waals surface area contributed by atoms with Crippen molar-refractivity contribution in [2.24, 2.45) is 0 Å². The molecule has 0 saturated heterocycles. The molecule has 0 aromatic carbocycles. The zero-order chi connectivity index (χ0) is 16.4. The summed E-state index contributed by atoms with van der Waals surface area (Å²) in [6, 6.07) is 0.375. The smallest absolute Gasteiger partial charge is 0.372 e. The molecular weight excluding hydrogens is 375 g/mol. The molecule has 1 heterocycles. The Morgan fingerprint density at radius 2 is 2.00 bits per heavy atom. The van der Waals surface area contributed by atoms with E-state index in [1.807, 2.05) is 0 Å². The van der Waals surface area contributed by atoms with E-state index in [0.717, 1.165) is 0 Å². The Bertz CT molecular complexity index is 605. The second-order valence-electron chi connectivity index (χ2n) is 4.51. The summed E-state index contributed by atoms with van der Waals surface area (Å²) in [6.45, 7) is 1.21. The Labute approximate surface area is 129 Å². The van der Waals surface area contributed by atoms with Gasteiger partial charge in [0.1, 0.15) is 17.3 Å². The zero-order valence-electron chi connectivity index (χ0n) is 11.6. The van der Waals surface area contributed by atoms with Crippen molar-refractivity contribution in [2.45, 2.75) is 31.0 Å². The topological polar surface area (TPSA) is 62.3 Å². The minimum Gasteiger partial charge on any atom is -0.372 e. The summed E-state index contributed by atoms with van der Waals surface area (Å²) in [4.78, 5) is 3.55. The maximum atomic E-state index is 12.6. The van der Waals surface area contributed by atoms with Gasteiger partial charge >= 0.3 is 6.18 Å². The summed E-state index contributed by atoms with van der Waals surface area (Å²) in [7, 11) is -2.90. The first-order valence-electron chi connectivity index (χ1n) is 5.91. The summed E-state index contributed by atoms with van der Waals surface area (Å²) in [5.41, 5.74) is 0. The van der Waals surface area contributed by atoms with Crippen LogP contribution in [0.15, 0.2) is 21.6 Å². The molecule has 0 unspecified atom stereocenters. The SMILES string of the molecule is CNc1ncc(Br)cc1S(=O)(=O)N(CC(F)(F)F)C(C)C. The lowest BCUT2D eigenvalue weighted by Gasteiger charge is -2.27. The van der Waals surface area contributed by atoms with E-state index in [4.69, 9.17) is 0 Å². The van der Waals surface area contributed by atoms with Crippen molar-refractivity contribution in [3.8, 4) is 0 Å². The average Bonchev–Trinajstić information content (AvgIpc) is 2.34. The quantitative estimate of drug-likeness (QED) is 0.840. The van der Waals surface area contributed by atoms with Gasteiger partial charge in [0.15, 0.2) is 0 Å². The monoisotopic (exact) mass is 389 g/mol. The van der Waals surface area contributed by atoms with Gasteiger partial charge in [-0.15, -0.1) is 0 Å². The number of halogens is 4. The molecule has 0 aliphatic heterocycles. The third-order valence-corrected chi connectivity index (χ3v) is 5.02. The van der Waals surface area contributed by atoms with Crippen molar-refractivity contribution in [1.29, 1.82) is 0 Å². The lowest BCUT2D eigenvalue weighted by atomic mass is 10.4. The maximum Gasteiger partial charge on any atom is 0.402 e. The average molecular weight is 390 g/mol. The number of aromatic nitrogens is 1. The van der Waals surface area contributed by atoms with Gasteiger partial charge in [0.25, 0.3) is 0 Å². The van der Waals surface area contributed by atoms with Crippen molar-refractivity contribution in [2.75, 3.05) is 18.9 Å². The van der Waals surface area contributed by atoms with Crippen molar-refractivity contribution < 1.29 is 21.6 Å². The number of nitrogens with zero attached hydrogens (tertiary/aromatic N) is 2. The molecule has 0 aliphatic carbocycles. The second-order valence-corrected chi connectivity index (χ2v) is 7.28. The molecule has 1 aromatic rings. The molecule has 1 rings (SSSR count). The molecule has 0 aliphatic rings.